The molecule has 0 aromatic heterocycles. The highest BCUT2D eigenvalue weighted by atomic mass is 16.5. The zero-order chi connectivity index (χ0) is 14.1. The van der Waals surface area contributed by atoms with Gasteiger partial charge in [-0.05, 0) is 30.4 Å². The minimum absolute atomic E-state index is 0.221. The Bertz CT molecular complexity index is 387. The van der Waals surface area contributed by atoms with Crippen molar-refractivity contribution in [1.29, 1.82) is 0 Å². The molecule has 0 fully saturated rings. The maximum Gasteiger partial charge on any atom is 0.305 e. The Morgan fingerprint density at radius 3 is 2.74 bits per heavy atom. The molecule has 0 heterocycles. The summed E-state index contributed by atoms with van der Waals surface area (Å²) in [6.45, 7) is 4.60. The summed E-state index contributed by atoms with van der Waals surface area (Å²) in [7, 11) is 0. The van der Waals surface area contributed by atoms with E-state index in [1.165, 1.54) is 0 Å². The lowest BCUT2D eigenvalue weighted by Crippen LogP contribution is -2.09. The second-order valence-corrected chi connectivity index (χ2v) is 4.68. The predicted octanol–water partition coefficient (Wildman–Crippen LogP) is 3.41. The first-order valence-electron chi connectivity index (χ1n) is 7.10. The number of aliphatic hydroxyl groups excluding tert-OH is 1. The number of ether oxygens (including phenoxy) is 1. The minimum atomic E-state index is -0.588. The van der Waals surface area contributed by atoms with E-state index in [0.717, 1.165) is 30.4 Å². The number of esters is 1. The maximum absolute atomic E-state index is 11.5. The van der Waals surface area contributed by atoms with Crippen LogP contribution in [-0.2, 0) is 16.0 Å². The number of carbonyl (C=O) groups excluding carboxylic acids is 1. The van der Waals surface area contributed by atoms with Crippen LogP contribution in [-0.4, -0.2) is 17.7 Å². The molecule has 0 aliphatic heterocycles. The second-order valence-electron chi connectivity index (χ2n) is 4.68. The molecule has 1 aromatic rings. The first-order valence-corrected chi connectivity index (χ1v) is 7.10. The van der Waals surface area contributed by atoms with Crippen LogP contribution in [0.25, 0.3) is 0 Å². The van der Waals surface area contributed by atoms with Crippen molar-refractivity contribution in [1.82, 2.24) is 0 Å². The van der Waals surface area contributed by atoms with Gasteiger partial charge in [0.05, 0.1) is 12.7 Å². The first kappa shape index (κ1) is 15.7. The standard InChI is InChI=1S/C16H24O3/c1-3-5-12-19-16(18)11-10-15(17)14-9-7-6-8-13(14)4-2/h6-9,15,17H,3-5,10-12H2,1-2H3. The highest BCUT2D eigenvalue weighted by molar-refractivity contribution is 5.69. The van der Waals surface area contributed by atoms with Crippen LogP contribution in [0.3, 0.4) is 0 Å². The quantitative estimate of drug-likeness (QED) is 0.578. The minimum Gasteiger partial charge on any atom is -0.466 e. The summed E-state index contributed by atoms with van der Waals surface area (Å²) in [5.74, 6) is -0.221. The lowest BCUT2D eigenvalue weighted by atomic mass is 9.98. The number of benzene rings is 1. The molecule has 0 bridgehead atoms. The molecule has 1 rings (SSSR count). The van der Waals surface area contributed by atoms with E-state index in [4.69, 9.17) is 4.74 Å². The van der Waals surface area contributed by atoms with Crippen LogP contribution >= 0.6 is 0 Å². The fourth-order valence-electron chi connectivity index (χ4n) is 1.99. The summed E-state index contributed by atoms with van der Waals surface area (Å²) in [6.07, 6.45) is 2.89. The molecule has 3 heteroatoms. The van der Waals surface area contributed by atoms with E-state index in [1.54, 1.807) is 0 Å². The molecule has 1 N–H and O–H groups in total. The third-order valence-corrected chi connectivity index (χ3v) is 3.18. The van der Waals surface area contributed by atoms with Gasteiger partial charge in [0.15, 0.2) is 0 Å². The van der Waals surface area contributed by atoms with Gasteiger partial charge in [-0.1, -0.05) is 44.5 Å². The Balaban J connectivity index is 2.42. The monoisotopic (exact) mass is 264 g/mol. The Hall–Kier alpha value is -1.35. The number of hydrogen-bond donors (Lipinski definition) is 1. The molecule has 0 spiro atoms. The summed E-state index contributed by atoms with van der Waals surface area (Å²) in [6, 6.07) is 7.81. The normalized spacial score (nSPS) is 12.2. The third kappa shape index (κ3) is 5.43. The van der Waals surface area contributed by atoms with Crippen molar-refractivity contribution in [3.05, 3.63) is 35.4 Å². The van der Waals surface area contributed by atoms with Crippen molar-refractivity contribution in [2.45, 2.75) is 52.1 Å². The Labute approximate surface area is 115 Å². The molecule has 0 saturated heterocycles. The Morgan fingerprint density at radius 2 is 2.05 bits per heavy atom. The average molecular weight is 264 g/mol. The number of aliphatic hydroxyl groups is 1. The highest BCUT2D eigenvalue weighted by Gasteiger charge is 2.13. The fraction of sp³-hybridized carbons (Fsp3) is 0.562. The molecule has 1 atom stereocenters. The number of rotatable bonds is 8. The van der Waals surface area contributed by atoms with Gasteiger partial charge in [0.1, 0.15) is 0 Å². The SMILES string of the molecule is CCCCOC(=O)CCC(O)c1ccccc1CC. The summed E-state index contributed by atoms with van der Waals surface area (Å²) < 4.78 is 5.08. The molecule has 3 nitrogen and oxygen atoms in total. The van der Waals surface area contributed by atoms with Crippen molar-refractivity contribution < 1.29 is 14.6 Å². The van der Waals surface area contributed by atoms with Crippen molar-refractivity contribution in [3.63, 3.8) is 0 Å². The lowest BCUT2D eigenvalue weighted by Gasteiger charge is -2.14. The van der Waals surface area contributed by atoms with Gasteiger partial charge in [-0.2, -0.15) is 0 Å². The molecule has 0 aliphatic rings. The highest BCUT2D eigenvalue weighted by Crippen LogP contribution is 2.22. The average Bonchev–Trinajstić information content (AvgIpc) is 2.45. The van der Waals surface area contributed by atoms with Crippen molar-refractivity contribution >= 4 is 5.97 Å². The zero-order valence-electron chi connectivity index (χ0n) is 11.9. The van der Waals surface area contributed by atoms with Gasteiger partial charge in [-0.15, -0.1) is 0 Å². The number of unbranched alkanes of at least 4 members (excludes halogenated alkanes) is 1. The van der Waals surface area contributed by atoms with E-state index in [0.29, 0.717) is 13.0 Å². The molecule has 0 amide bonds. The van der Waals surface area contributed by atoms with E-state index in [2.05, 4.69) is 13.8 Å². The van der Waals surface area contributed by atoms with Gasteiger partial charge in [-0.3, -0.25) is 4.79 Å². The van der Waals surface area contributed by atoms with E-state index in [-0.39, 0.29) is 12.4 Å². The van der Waals surface area contributed by atoms with Crippen LogP contribution in [0.1, 0.15) is 56.8 Å². The number of carbonyl (C=O) groups is 1. The van der Waals surface area contributed by atoms with E-state index in [9.17, 15) is 9.90 Å². The largest absolute Gasteiger partial charge is 0.466 e. The van der Waals surface area contributed by atoms with Crippen LogP contribution in [0.2, 0.25) is 0 Å². The molecule has 0 aliphatic carbocycles. The second kappa shape index (κ2) is 8.70. The van der Waals surface area contributed by atoms with Crippen LogP contribution in [0.15, 0.2) is 24.3 Å². The third-order valence-electron chi connectivity index (χ3n) is 3.18. The first-order chi connectivity index (χ1) is 9.19. The van der Waals surface area contributed by atoms with E-state index < -0.39 is 6.10 Å². The zero-order valence-corrected chi connectivity index (χ0v) is 11.9. The molecular formula is C16H24O3. The summed E-state index contributed by atoms with van der Waals surface area (Å²) in [5, 5.41) is 10.1. The Morgan fingerprint density at radius 1 is 1.32 bits per heavy atom. The Kier molecular flexibility index (Phi) is 7.19. The molecular weight excluding hydrogens is 240 g/mol. The van der Waals surface area contributed by atoms with E-state index >= 15 is 0 Å². The van der Waals surface area contributed by atoms with Crippen LogP contribution in [0.5, 0.6) is 0 Å². The topological polar surface area (TPSA) is 46.5 Å². The summed E-state index contributed by atoms with van der Waals surface area (Å²) in [5.41, 5.74) is 2.06. The van der Waals surface area contributed by atoms with Crippen LogP contribution in [0.4, 0.5) is 0 Å². The van der Waals surface area contributed by atoms with Crippen molar-refractivity contribution in [3.8, 4) is 0 Å². The van der Waals surface area contributed by atoms with E-state index in [1.807, 2.05) is 24.3 Å². The number of hydrogen-bond acceptors (Lipinski definition) is 3. The van der Waals surface area contributed by atoms with Gasteiger partial charge in [0.25, 0.3) is 0 Å². The molecule has 0 saturated carbocycles. The van der Waals surface area contributed by atoms with Crippen molar-refractivity contribution in [2.24, 2.45) is 0 Å². The van der Waals surface area contributed by atoms with Crippen LogP contribution in [0, 0.1) is 0 Å². The lowest BCUT2D eigenvalue weighted by molar-refractivity contribution is -0.144. The predicted molar refractivity (Wildman–Crippen MR) is 75.9 cm³/mol. The smallest absolute Gasteiger partial charge is 0.305 e. The van der Waals surface area contributed by atoms with Gasteiger partial charge in [0, 0.05) is 6.42 Å². The fourth-order valence-corrected chi connectivity index (χ4v) is 1.99. The van der Waals surface area contributed by atoms with Gasteiger partial charge < -0.3 is 9.84 Å². The number of aryl methyl sites for hydroxylation is 1. The van der Waals surface area contributed by atoms with Gasteiger partial charge in [-0.25, -0.2) is 0 Å². The summed E-state index contributed by atoms with van der Waals surface area (Å²) >= 11 is 0. The van der Waals surface area contributed by atoms with Gasteiger partial charge in [0.2, 0.25) is 0 Å². The molecule has 1 aromatic carbocycles. The van der Waals surface area contributed by atoms with Crippen molar-refractivity contribution in [2.75, 3.05) is 6.61 Å². The summed E-state index contributed by atoms with van der Waals surface area (Å²) in [4.78, 5) is 11.5. The van der Waals surface area contributed by atoms with Gasteiger partial charge >= 0.3 is 5.97 Å². The molecule has 106 valence electrons. The molecule has 0 radical (unpaired) electrons. The molecule has 1 unspecified atom stereocenters. The molecule has 19 heavy (non-hydrogen) atoms. The maximum atomic E-state index is 11.5. The van der Waals surface area contributed by atoms with Crippen LogP contribution < -0.4 is 0 Å².